The van der Waals surface area contributed by atoms with Crippen LogP contribution >= 0.6 is 0 Å². The van der Waals surface area contributed by atoms with E-state index in [0.29, 0.717) is 5.69 Å². The molecule has 0 fully saturated rings. The van der Waals surface area contributed by atoms with Crippen LogP contribution in [0.2, 0.25) is 0 Å². The minimum absolute atomic E-state index is 0.0774. The van der Waals surface area contributed by atoms with Crippen LogP contribution < -0.4 is 11.1 Å². The number of hydrogen-bond donors (Lipinski definition) is 3. The summed E-state index contributed by atoms with van der Waals surface area (Å²) in [6.07, 6.45) is 0.286. The largest absolute Gasteiger partial charge is 0.508 e. The number of carbonyl (C=O) groups excluding carboxylic acids is 1. The Hall–Kier alpha value is -2.49. The molecule has 0 bridgehead atoms. The molecule has 104 valence electrons. The van der Waals surface area contributed by atoms with E-state index in [1.807, 2.05) is 25.1 Å². The fourth-order valence-corrected chi connectivity index (χ4v) is 2.06. The van der Waals surface area contributed by atoms with Gasteiger partial charge in [0.25, 0.3) is 0 Å². The van der Waals surface area contributed by atoms with Crippen molar-refractivity contribution >= 4 is 11.6 Å². The maximum absolute atomic E-state index is 12.0. The molecule has 0 saturated carbocycles. The summed E-state index contributed by atoms with van der Waals surface area (Å²) in [6, 6.07) is 14.0. The van der Waals surface area contributed by atoms with E-state index in [1.54, 1.807) is 30.3 Å². The monoisotopic (exact) mass is 270 g/mol. The molecule has 4 nitrogen and oxygen atoms in total. The molecular formula is C16H18N2O2. The van der Waals surface area contributed by atoms with Crippen LogP contribution in [-0.2, 0) is 11.2 Å². The Balaban J connectivity index is 1.97. The molecule has 2 aromatic carbocycles. The summed E-state index contributed by atoms with van der Waals surface area (Å²) in [4.78, 5) is 12.0. The van der Waals surface area contributed by atoms with Crippen LogP contribution in [0.15, 0.2) is 48.5 Å². The number of nitrogens with two attached hydrogens (primary N) is 1. The van der Waals surface area contributed by atoms with Gasteiger partial charge in [0.1, 0.15) is 5.75 Å². The van der Waals surface area contributed by atoms with Gasteiger partial charge in [-0.1, -0.05) is 24.3 Å². The Morgan fingerprint density at radius 3 is 2.70 bits per heavy atom. The molecule has 0 saturated heterocycles. The Kier molecular flexibility index (Phi) is 4.25. The fraction of sp³-hybridized carbons (Fsp3) is 0.188. The molecule has 0 aliphatic rings. The first kappa shape index (κ1) is 13.9. The van der Waals surface area contributed by atoms with Gasteiger partial charge in [-0.05, 0) is 42.3 Å². The van der Waals surface area contributed by atoms with Crippen molar-refractivity contribution in [3.8, 4) is 5.75 Å². The fourth-order valence-electron chi connectivity index (χ4n) is 2.06. The number of rotatable bonds is 4. The molecule has 0 radical (unpaired) electrons. The van der Waals surface area contributed by atoms with Gasteiger partial charge in [0.15, 0.2) is 0 Å². The number of carbonyl (C=O) groups is 1. The van der Waals surface area contributed by atoms with Crippen LogP contribution in [0.25, 0.3) is 0 Å². The summed E-state index contributed by atoms with van der Waals surface area (Å²) in [6.45, 7) is 1.88. The SMILES string of the molecule is CC(NC(=O)Cc1cccc(N)c1)c1cccc(O)c1. The van der Waals surface area contributed by atoms with Crippen LogP contribution in [0.3, 0.4) is 0 Å². The van der Waals surface area contributed by atoms with Crippen molar-refractivity contribution in [2.45, 2.75) is 19.4 Å². The van der Waals surface area contributed by atoms with Gasteiger partial charge in [0, 0.05) is 5.69 Å². The van der Waals surface area contributed by atoms with Crippen molar-refractivity contribution in [2.75, 3.05) is 5.73 Å². The predicted molar refractivity (Wildman–Crippen MR) is 79.2 cm³/mol. The molecular weight excluding hydrogens is 252 g/mol. The lowest BCUT2D eigenvalue weighted by Crippen LogP contribution is -2.28. The van der Waals surface area contributed by atoms with Crippen molar-refractivity contribution in [3.63, 3.8) is 0 Å². The van der Waals surface area contributed by atoms with Crippen LogP contribution in [0.1, 0.15) is 24.1 Å². The highest BCUT2D eigenvalue weighted by Gasteiger charge is 2.10. The Labute approximate surface area is 118 Å². The first-order valence-electron chi connectivity index (χ1n) is 6.47. The van der Waals surface area contributed by atoms with Crippen LogP contribution in [0.5, 0.6) is 5.75 Å². The smallest absolute Gasteiger partial charge is 0.224 e. The molecule has 20 heavy (non-hydrogen) atoms. The summed E-state index contributed by atoms with van der Waals surface area (Å²) in [5.41, 5.74) is 8.08. The molecule has 1 amide bonds. The second kappa shape index (κ2) is 6.10. The van der Waals surface area contributed by atoms with Crippen LogP contribution in [-0.4, -0.2) is 11.0 Å². The first-order valence-corrected chi connectivity index (χ1v) is 6.47. The number of hydrogen-bond acceptors (Lipinski definition) is 3. The molecule has 2 rings (SSSR count). The van der Waals surface area contributed by atoms with E-state index in [0.717, 1.165) is 11.1 Å². The minimum Gasteiger partial charge on any atom is -0.508 e. The second-order valence-corrected chi connectivity index (χ2v) is 4.81. The third-order valence-corrected chi connectivity index (χ3v) is 3.06. The van der Waals surface area contributed by atoms with Crippen molar-refractivity contribution < 1.29 is 9.90 Å². The number of benzene rings is 2. The number of phenolic OH excluding ortho intramolecular Hbond substituents is 1. The van der Waals surface area contributed by atoms with E-state index in [1.165, 1.54) is 0 Å². The highest BCUT2D eigenvalue weighted by Crippen LogP contribution is 2.18. The summed E-state index contributed by atoms with van der Waals surface area (Å²) >= 11 is 0. The van der Waals surface area contributed by atoms with Crippen LogP contribution in [0, 0.1) is 0 Å². The van der Waals surface area contributed by atoms with Crippen LogP contribution in [0.4, 0.5) is 5.69 Å². The lowest BCUT2D eigenvalue weighted by Gasteiger charge is -2.14. The Morgan fingerprint density at radius 2 is 2.00 bits per heavy atom. The Bertz CT molecular complexity index is 611. The van der Waals surface area contributed by atoms with Crippen molar-refractivity contribution in [1.29, 1.82) is 0 Å². The van der Waals surface area contributed by atoms with Gasteiger partial charge in [0.05, 0.1) is 12.5 Å². The molecule has 0 aliphatic heterocycles. The third kappa shape index (κ3) is 3.75. The molecule has 0 aliphatic carbocycles. The minimum atomic E-state index is -0.157. The molecule has 1 unspecified atom stereocenters. The average molecular weight is 270 g/mol. The molecule has 2 aromatic rings. The molecule has 4 N–H and O–H groups in total. The zero-order valence-corrected chi connectivity index (χ0v) is 11.3. The number of nitrogens with one attached hydrogen (secondary N) is 1. The molecule has 0 spiro atoms. The molecule has 0 heterocycles. The molecule has 0 aromatic heterocycles. The van der Waals surface area contributed by atoms with E-state index >= 15 is 0 Å². The first-order chi connectivity index (χ1) is 9.54. The van der Waals surface area contributed by atoms with Gasteiger partial charge in [-0.25, -0.2) is 0 Å². The number of nitrogen functional groups attached to an aromatic ring is 1. The van der Waals surface area contributed by atoms with Gasteiger partial charge in [-0.15, -0.1) is 0 Å². The summed E-state index contributed by atoms with van der Waals surface area (Å²) in [5, 5.41) is 12.3. The standard InChI is InChI=1S/C16H18N2O2/c1-11(13-5-3-7-15(19)10-13)18-16(20)9-12-4-2-6-14(17)8-12/h2-8,10-11,19H,9,17H2,1H3,(H,18,20). The number of phenols is 1. The van der Waals surface area contributed by atoms with Gasteiger partial charge in [0.2, 0.25) is 5.91 Å². The highest BCUT2D eigenvalue weighted by molar-refractivity contribution is 5.79. The highest BCUT2D eigenvalue weighted by atomic mass is 16.3. The zero-order chi connectivity index (χ0) is 14.5. The second-order valence-electron chi connectivity index (χ2n) is 4.81. The number of aromatic hydroxyl groups is 1. The lowest BCUT2D eigenvalue weighted by molar-refractivity contribution is -0.121. The van der Waals surface area contributed by atoms with Crippen molar-refractivity contribution in [2.24, 2.45) is 0 Å². The Morgan fingerprint density at radius 1 is 1.25 bits per heavy atom. The van der Waals surface area contributed by atoms with E-state index in [9.17, 15) is 9.90 Å². The van der Waals surface area contributed by atoms with E-state index in [4.69, 9.17) is 5.73 Å². The lowest BCUT2D eigenvalue weighted by atomic mass is 10.1. The average Bonchev–Trinajstić information content (AvgIpc) is 2.38. The maximum atomic E-state index is 12.0. The number of amides is 1. The zero-order valence-electron chi connectivity index (χ0n) is 11.3. The topological polar surface area (TPSA) is 75.4 Å². The molecule has 4 heteroatoms. The van der Waals surface area contributed by atoms with Crippen molar-refractivity contribution in [3.05, 3.63) is 59.7 Å². The van der Waals surface area contributed by atoms with E-state index in [2.05, 4.69) is 5.32 Å². The van der Waals surface area contributed by atoms with E-state index < -0.39 is 0 Å². The van der Waals surface area contributed by atoms with E-state index in [-0.39, 0.29) is 24.1 Å². The summed E-state index contributed by atoms with van der Waals surface area (Å²) < 4.78 is 0. The normalized spacial score (nSPS) is 11.8. The van der Waals surface area contributed by atoms with Gasteiger partial charge < -0.3 is 16.2 Å². The maximum Gasteiger partial charge on any atom is 0.224 e. The van der Waals surface area contributed by atoms with Gasteiger partial charge >= 0.3 is 0 Å². The van der Waals surface area contributed by atoms with Gasteiger partial charge in [-0.2, -0.15) is 0 Å². The quantitative estimate of drug-likeness (QED) is 0.747. The van der Waals surface area contributed by atoms with Crippen molar-refractivity contribution in [1.82, 2.24) is 5.32 Å². The third-order valence-electron chi connectivity index (χ3n) is 3.06. The summed E-state index contributed by atoms with van der Waals surface area (Å²) in [5.74, 6) is 0.117. The molecule has 1 atom stereocenters. The summed E-state index contributed by atoms with van der Waals surface area (Å²) in [7, 11) is 0. The predicted octanol–water partition coefficient (Wildman–Crippen LogP) is 2.39. The number of anilines is 1. The van der Waals surface area contributed by atoms with Gasteiger partial charge in [-0.3, -0.25) is 4.79 Å².